The van der Waals surface area contributed by atoms with Crippen molar-refractivity contribution in [2.45, 2.75) is 46.5 Å². The fourth-order valence-electron chi connectivity index (χ4n) is 2.48. The lowest BCUT2D eigenvalue weighted by atomic mass is 10.1. The highest BCUT2D eigenvalue weighted by Crippen LogP contribution is 2.42. The Balaban J connectivity index is 2.17. The van der Waals surface area contributed by atoms with E-state index in [1.165, 1.54) is 0 Å². The highest BCUT2D eigenvalue weighted by atomic mass is 16.2. The average molecular weight is 278 g/mol. The van der Waals surface area contributed by atoms with Gasteiger partial charge in [0.1, 0.15) is 0 Å². The number of nitrogens with one attached hydrogen (secondary N) is 1. The highest BCUT2D eigenvalue weighted by Gasteiger charge is 2.31. The van der Waals surface area contributed by atoms with E-state index in [1.807, 2.05) is 4.90 Å². The van der Waals surface area contributed by atoms with Crippen LogP contribution in [-0.2, 0) is 0 Å². The molecule has 1 aliphatic carbocycles. The molecule has 0 aliphatic heterocycles. The summed E-state index contributed by atoms with van der Waals surface area (Å²) in [6.07, 6.45) is 2.28. The summed E-state index contributed by atoms with van der Waals surface area (Å²) >= 11 is 0. The lowest BCUT2D eigenvalue weighted by Gasteiger charge is -2.25. The van der Waals surface area contributed by atoms with Crippen molar-refractivity contribution in [3.8, 4) is 0 Å². The van der Waals surface area contributed by atoms with Gasteiger partial charge in [0.15, 0.2) is 5.69 Å². The first-order chi connectivity index (χ1) is 9.40. The Hall–Kier alpha value is -1.52. The second kappa shape index (κ2) is 5.85. The molecule has 1 saturated carbocycles. The first-order valence-electron chi connectivity index (χ1n) is 7.53. The van der Waals surface area contributed by atoms with Gasteiger partial charge in [-0.3, -0.25) is 9.89 Å². The van der Waals surface area contributed by atoms with Crippen LogP contribution in [0.4, 0.5) is 5.69 Å². The smallest absolute Gasteiger partial charge is 0.276 e. The molecular formula is C15H26N4O. The molecule has 0 aromatic carbocycles. The number of amides is 1. The average Bonchev–Trinajstić information content (AvgIpc) is 3.10. The van der Waals surface area contributed by atoms with Crippen molar-refractivity contribution >= 4 is 11.6 Å². The molecular weight excluding hydrogens is 252 g/mol. The molecule has 0 unspecified atom stereocenters. The third-order valence-corrected chi connectivity index (χ3v) is 3.48. The molecule has 2 rings (SSSR count). The summed E-state index contributed by atoms with van der Waals surface area (Å²) < 4.78 is 0. The van der Waals surface area contributed by atoms with Gasteiger partial charge in [-0.15, -0.1) is 0 Å². The number of nitrogens with zero attached hydrogens (tertiary/aromatic N) is 2. The Labute approximate surface area is 120 Å². The van der Waals surface area contributed by atoms with Crippen LogP contribution in [0.1, 0.15) is 62.6 Å². The number of anilines is 1. The van der Waals surface area contributed by atoms with Crippen molar-refractivity contribution in [2.75, 3.05) is 18.8 Å². The molecule has 1 aromatic heterocycles. The summed E-state index contributed by atoms with van der Waals surface area (Å²) in [5, 5.41) is 7.13. The number of hydrogen-bond donors (Lipinski definition) is 2. The van der Waals surface area contributed by atoms with Crippen LogP contribution >= 0.6 is 0 Å². The number of nitrogens with two attached hydrogens (primary N) is 1. The van der Waals surface area contributed by atoms with Gasteiger partial charge in [0.05, 0.1) is 11.4 Å². The van der Waals surface area contributed by atoms with Crippen LogP contribution in [-0.4, -0.2) is 34.1 Å². The molecule has 5 heteroatoms. The molecule has 5 nitrogen and oxygen atoms in total. The van der Waals surface area contributed by atoms with Gasteiger partial charge in [0.25, 0.3) is 5.91 Å². The van der Waals surface area contributed by atoms with Crippen LogP contribution in [0.25, 0.3) is 0 Å². The fourth-order valence-corrected chi connectivity index (χ4v) is 2.48. The number of aromatic amines is 1. The molecule has 0 radical (unpaired) electrons. The number of rotatable bonds is 6. The Morgan fingerprint density at radius 1 is 1.30 bits per heavy atom. The number of carbonyl (C=O) groups excluding carboxylic acids is 1. The number of carbonyl (C=O) groups is 1. The van der Waals surface area contributed by atoms with Crippen molar-refractivity contribution in [3.05, 3.63) is 11.4 Å². The lowest BCUT2D eigenvalue weighted by molar-refractivity contribution is 0.0710. The van der Waals surface area contributed by atoms with E-state index in [1.54, 1.807) is 0 Å². The first-order valence-corrected chi connectivity index (χ1v) is 7.53. The van der Waals surface area contributed by atoms with Crippen LogP contribution in [0, 0.1) is 11.8 Å². The van der Waals surface area contributed by atoms with E-state index in [-0.39, 0.29) is 5.91 Å². The summed E-state index contributed by atoms with van der Waals surface area (Å²) in [7, 11) is 0. The second-order valence-electron chi connectivity index (χ2n) is 6.67. The summed E-state index contributed by atoms with van der Waals surface area (Å²) in [5.41, 5.74) is 8.00. The van der Waals surface area contributed by atoms with Gasteiger partial charge < -0.3 is 10.6 Å². The predicted molar refractivity (Wildman–Crippen MR) is 80.6 cm³/mol. The van der Waals surface area contributed by atoms with Crippen LogP contribution < -0.4 is 5.73 Å². The van der Waals surface area contributed by atoms with Gasteiger partial charge in [-0.2, -0.15) is 5.10 Å². The Morgan fingerprint density at radius 2 is 1.85 bits per heavy atom. The quantitative estimate of drug-likeness (QED) is 0.840. The zero-order chi connectivity index (χ0) is 14.9. The van der Waals surface area contributed by atoms with E-state index in [0.717, 1.165) is 31.6 Å². The fraction of sp³-hybridized carbons (Fsp3) is 0.733. The van der Waals surface area contributed by atoms with E-state index in [4.69, 9.17) is 5.73 Å². The molecule has 1 heterocycles. The maximum absolute atomic E-state index is 12.7. The maximum Gasteiger partial charge on any atom is 0.276 e. The van der Waals surface area contributed by atoms with Crippen LogP contribution in [0.2, 0.25) is 0 Å². The SMILES string of the molecule is CC(C)CN(CC(C)C)C(=O)c1n[nH]c(C2CC2)c1N. The first kappa shape index (κ1) is 14.9. The summed E-state index contributed by atoms with van der Waals surface area (Å²) in [5.74, 6) is 1.29. The van der Waals surface area contributed by atoms with Crippen molar-refractivity contribution in [1.29, 1.82) is 0 Å². The van der Waals surface area contributed by atoms with E-state index in [0.29, 0.717) is 29.1 Å². The maximum atomic E-state index is 12.7. The largest absolute Gasteiger partial charge is 0.395 e. The third kappa shape index (κ3) is 3.32. The second-order valence-corrected chi connectivity index (χ2v) is 6.67. The van der Waals surface area contributed by atoms with Gasteiger partial charge >= 0.3 is 0 Å². The van der Waals surface area contributed by atoms with Gasteiger partial charge in [-0.1, -0.05) is 27.7 Å². The molecule has 20 heavy (non-hydrogen) atoms. The molecule has 1 fully saturated rings. The van der Waals surface area contributed by atoms with Crippen molar-refractivity contribution in [3.63, 3.8) is 0 Å². The Kier molecular flexibility index (Phi) is 4.35. The molecule has 1 amide bonds. The zero-order valence-electron chi connectivity index (χ0n) is 12.9. The minimum Gasteiger partial charge on any atom is -0.395 e. The van der Waals surface area contributed by atoms with Crippen molar-refractivity contribution in [1.82, 2.24) is 15.1 Å². The standard InChI is InChI=1S/C15H26N4O/c1-9(2)7-19(8-10(3)4)15(20)14-12(16)13(17-18-14)11-5-6-11/h9-11H,5-8,16H2,1-4H3,(H,17,18). The Bertz CT molecular complexity index is 464. The van der Waals surface area contributed by atoms with E-state index in [9.17, 15) is 4.79 Å². The number of aromatic nitrogens is 2. The van der Waals surface area contributed by atoms with Crippen molar-refractivity contribution in [2.24, 2.45) is 11.8 Å². The minimum absolute atomic E-state index is 0.0481. The van der Waals surface area contributed by atoms with Crippen LogP contribution in [0.3, 0.4) is 0 Å². The predicted octanol–water partition coefficient (Wildman–Crippen LogP) is 2.62. The topological polar surface area (TPSA) is 75.0 Å². The minimum atomic E-state index is -0.0481. The van der Waals surface area contributed by atoms with E-state index < -0.39 is 0 Å². The van der Waals surface area contributed by atoms with Crippen LogP contribution in [0.15, 0.2) is 0 Å². The molecule has 0 saturated heterocycles. The molecule has 1 aromatic rings. The number of nitrogen functional groups attached to an aromatic ring is 1. The van der Waals surface area contributed by atoms with Gasteiger partial charge in [-0.25, -0.2) is 0 Å². The highest BCUT2D eigenvalue weighted by molar-refractivity contribution is 5.97. The molecule has 112 valence electrons. The van der Waals surface area contributed by atoms with Gasteiger partial charge in [-0.05, 0) is 24.7 Å². The van der Waals surface area contributed by atoms with Crippen LogP contribution in [0.5, 0.6) is 0 Å². The molecule has 0 spiro atoms. The number of hydrogen-bond acceptors (Lipinski definition) is 3. The normalized spacial score (nSPS) is 15.1. The summed E-state index contributed by atoms with van der Waals surface area (Å²) in [6.45, 7) is 9.94. The zero-order valence-corrected chi connectivity index (χ0v) is 12.9. The molecule has 0 bridgehead atoms. The van der Waals surface area contributed by atoms with Gasteiger partial charge in [0, 0.05) is 19.0 Å². The van der Waals surface area contributed by atoms with Crippen molar-refractivity contribution < 1.29 is 4.79 Å². The summed E-state index contributed by atoms with van der Waals surface area (Å²) in [4.78, 5) is 14.5. The Morgan fingerprint density at radius 3 is 2.30 bits per heavy atom. The molecule has 0 atom stereocenters. The lowest BCUT2D eigenvalue weighted by Crippen LogP contribution is -2.37. The molecule has 1 aliphatic rings. The van der Waals surface area contributed by atoms with E-state index >= 15 is 0 Å². The molecule has 3 N–H and O–H groups in total. The van der Waals surface area contributed by atoms with E-state index in [2.05, 4.69) is 37.9 Å². The summed E-state index contributed by atoms with van der Waals surface area (Å²) in [6, 6.07) is 0. The third-order valence-electron chi connectivity index (χ3n) is 3.48. The number of H-pyrrole nitrogens is 1. The monoisotopic (exact) mass is 278 g/mol. The van der Waals surface area contributed by atoms with Gasteiger partial charge in [0.2, 0.25) is 0 Å².